The first-order valence-electron chi connectivity index (χ1n) is 8.17. The molecule has 4 nitrogen and oxygen atoms in total. The van der Waals surface area contributed by atoms with Crippen molar-refractivity contribution < 1.29 is 0 Å². The minimum atomic E-state index is 0.395. The molecule has 2 heterocycles. The van der Waals surface area contributed by atoms with Gasteiger partial charge in [-0.25, -0.2) is 0 Å². The van der Waals surface area contributed by atoms with E-state index in [2.05, 4.69) is 28.4 Å². The fourth-order valence-electron chi connectivity index (χ4n) is 3.98. The maximum absolute atomic E-state index is 4.31. The molecule has 1 aliphatic carbocycles. The maximum Gasteiger partial charge on any atom is 0.0534 e. The van der Waals surface area contributed by atoms with Gasteiger partial charge in [0.05, 0.1) is 6.20 Å². The van der Waals surface area contributed by atoms with Gasteiger partial charge in [0.15, 0.2) is 0 Å². The van der Waals surface area contributed by atoms with Crippen LogP contribution in [0.25, 0.3) is 0 Å². The number of piperazine rings is 1. The van der Waals surface area contributed by atoms with Gasteiger partial charge in [-0.05, 0) is 19.3 Å². The summed E-state index contributed by atoms with van der Waals surface area (Å²) in [7, 11) is 2.00. The third-order valence-electron chi connectivity index (χ3n) is 5.16. The first kappa shape index (κ1) is 14.1. The molecule has 2 fully saturated rings. The third-order valence-corrected chi connectivity index (χ3v) is 5.16. The van der Waals surface area contributed by atoms with Crippen molar-refractivity contribution in [3.8, 4) is 0 Å². The summed E-state index contributed by atoms with van der Waals surface area (Å²) in [5, 5.41) is 8.21. The van der Waals surface area contributed by atoms with Crippen molar-refractivity contribution in [1.29, 1.82) is 0 Å². The van der Waals surface area contributed by atoms with Gasteiger partial charge in [0.25, 0.3) is 0 Å². The Morgan fingerprint density at radius 3 is 2.80 bits per heavy atom. The first-order valence-corrected chi connectivity index (χ1v) is 8.17. The molecule has 4 heteroatoms. The van der Waals surface area contributed by atoms with Crippen molar-refractivity contribution in [2.75, 3.05) is 13.1 Å². The number of nitrogens with zero attached hydrogens (tertiary/aromatic N) is 3. The molecule has 1 aromatic heterocycles. The molecular formula is C16H28N4. The molecule has 3 rings (SSSR count). The Balaban J connectivity index is 1.71. The standard InChI is InChI=1S/C16H28N4/c1-3-15-10-17-16(7-5-4-6-8-16)13-20(15)12-14-9-18-19(2)11-14/h9,11,15,17H,3-8,10,12-13H2,1-2H3. The van der Waals surface area contributed by atoms with Crippen LogP contribution in [0.2, 0.25) is 0 Å². The minimum Gasteiger partial charge on any atom is -0.308 e. The van der Waals surface area contributed by atoms with Crippen LogP contribution in [0, 0.1) is 0 Å². The quantitative estimate of drug-likeness (QED) is 0.919. The van der Waals surface area contributed by atoms with Crippen molar-refractivity contribution in [3.05, 3.63) is 18.0 Å². The second kappa shape index (κ2) is 5.86. The third kappa shape index (κ3) is 2.91. The number of rotatable bonds is 3. The lowest BCUT2D eigenvalue weighted by molar-refractivity contribution is 0.0484. The largest absolute Gasteiger partial charge is 0.308 e. The fraction of sp³-hybridized carbons (Fsp3) is 0.812. The highest BCUT2D eigenvalue weighted by Gasteiger charge is 2.39. The zero-order chi connectivity index (χ0) is 14.0. The Bertz CT molecular complexity index is 433. The molecular weight excluding hydrogens is 248 g/mol. The molecule has 0 bridgehead atoms. The van der Waals surface area contributed by atoms with E-state index < -0.39 is 0 Å². The van der Waals surface area contributed by atoms with Crippen LogP contribution in [0.3, 0.4) is 0 Å². The molecule has 2 aliphatic rings. The van der Waals surface area contributed by atoms with Crippen LogP contribution in [-0.2, 0) is 13.6 Å². The van der Waals surface area contributed by atoms with Gasteiger partial charge in [-0.1, -0.05) is 26.2 Å². The highest BCUT2D eigenvalue weighted by Crippen LogP contribution is 2.32. The molecule has 1 atom stereocenters. The first-order chi connectivity index (χ1) is 9.71. The molecule has 1 saturated carbocycles. The van der Waals surface area contributed by atoms with E-state index in [1.165, 1.54) is 50.6 Å². The molecule has 0 aromatic carbocycles. The average molecular weight is 276 g/mol. The molecule has 0 amide bonds. The average Bonchev–Trinajstić information content (AvgIpc) is 2.85. The Hall–Kier alpha value is -0.870. The predicted octanol–water partition coefficient (Wildman–Crippen LogP) is 2.31. The van der Waals surface area contributed by atoms with Crippen molar-refractivity contribution in [2.24, 2.45) is 7.05 Å². The van der Waals surface area contributed by atoms with Gasteiger partial charge in [-0.15, -0.1) is 0 Å². The molecule has 20 heavy (non-hydrogen) atoms. The van der Waals surface area contributed by atoms with Gasteiger partial charge in [-0.3, -0.25) is 9.58 Å². The van der Waals surface area contributed by atoms with Gasteiger partial charge in [0.1, 0.15) is 0 Å². The lowest BCUT2D eigenvalue weighted by atomic mass is 9.79. The van der Waals surface area contributed by atoms with Crippen molar-refractivity contribution in [1.82, 2.24) is 20.0 Å². The van der Waals surface area contributed by atoms with E-state index in [0.717, 1.165) is 13.1 Å². The van der Waals surface area contributed by atoms with Crippen LogP contribution >= 0.6 is 0 Å². The summed E-state index contributed by atoms with van der Waals surface area (Å²) in [6.45, 7) is 5.72. The number of aromatic nitrogens is 2. The van der Waals surface area contributed by atoms with E-state index in [0.29, 0.717) is 11.6 Å². The van der Waals surface area contributed by atoms with E-state index in [1.54, 1.807) is 0 Å². The van der Waals surface area contributed by atoms with Crippen LogP contribution in [0.4, 0.5) is 0 Å². The summed E-state index contributed by atoms with van der Waals surface area (Å²) in [6.07, 6.45) is 12.3. The Labute approximate surface area is 122 Å². The molecule has 1 unspecified atom stereocenters. The smallest absolute Gasteiger partial charge is 0.0534 e. The topological polar surface area (TPSA) is 33.1 Å². The summed E-state index contributed by atoms with van der Waals surface area (Å²) >= 11 is 0. The number of hydrogen-bond acceptors (Lipinski definition) is 3. The van der Waals surface area contributed by atoms with Crippen LogP contribution in [0.5, 0.6) is 0 Å². The number of hydrogen-bond donors (Lipinski definition) is 1. The highest BCUT2D eigenvalue weighted by atomic mass is 15.3. The lowest BCUT2D eigenvalue weighted by Crippen LogP contribution is -2.64. The summed E-state index contributed by atoms with van der Waals surface area (Å²) in [4.78, 5) is 2.69. The Morgan fingerprint density at radius 1 is 1.35 bits per heavy atom. The zero-order valence-electron chi connectivity index (χ0n) is 12.9. The number of aryl methyl sites for hydroxylation is 1. The monoisotopic (exact) mass is 276 g/mol. The minimum absolute atomic E-state index is 0.395. The fourth-order valence-corrected chi connectivity index (χ4v) is 3.98. The molecule has 0 radical (unpaired) electrons. The molecule has 1 aliphatic heterocycles. The normalized spacial score (nSPS) is 27.0. The van der Waals surface area contributed by atoms with E-state index in [-0.39, 0.29) is 0 Å². The van der Waals surface area contributed by atoms with Crippen molar-refractivity contribution in [3.63, 3.8) is 0 Å². The Morgan fingerprint density at radius 2 is 2.15 bits per heavy atom. The molecule has 1 saturated heterocycles. The second-order valence-corrected chi connectivity index (χ2v) is 6.71. The van der Waals surface area contributed by atoms with Gasteiger partial charge in [-0.2, -0.15) is 5.10 Å². The van der Waals surface area contributed by atoms with Crippen LogP contribution in [-0.4, -0.2) is 39.4 Å². The molecule has 1 spiro atoms. The summed E-state index contributed by atoms with van der Waals surface area (Å²) in [6, 6.07) is 0.669. The van der Waals surface area contributed by atoms with Crippen LogP contribution in [0.1, 0.15) is 51.0 Å². The summed E-state index contributed by atoms with van der Waals surface area (Å²) < 4.78 is 1.91. The lowest BCUT2D eigenvalue weighted by Gasteiger charge is -2.49. The Kier molecular flexibility index (Phi) is 4.13. The molecule has 1 N–H and O–H groups in total. The summed E-state index contributed by atoms with van der Waals surface area (Å²) in [5.74, 6) is 0. The zero-order valence-corrected chi connectivity index (χ0v) is 12.9. The number of nitrogens with one attached hydrogen (secondary N) is 1. The summed E-state index contributed by atoms with van der Waals surface area (Å²) in [5.41, 5.74) is 1.74. The van der Waals surface area contributed by atoms with Gasteiger partial charge >= 0.3 is 0 Å². The van der Waals surface area contributed by atoms with Crippen LogP contribution < -0.4 is 5.32 Å². The molecule has 1 aromatic rings. The van der Waals surface area contributed by atoms with Gasteiger partial charge in [0.2, 0.25) is 0 Å². The van der Waals surface area contributed by atoms with E-state index in [9.17, 15) is 0 Å². The maximum atomic E-state index is 4.31. The molecule has 112 valence electrons. The van der Waals surface area contributed by atoms with E-state index in [1.807, 2.05) is 17.9 Å². The van der Waals surface area contributed by atoms with Gasteiger partial charge in [0, 0.05) is 50.0 Å². The van der Waals surface area contributed by atoms with Crippen molar-refractivity contribution >= 4 is 0 Å². The SMILES string of the molecule is CCC1CNC2(CCCCC2)CN1Cc1cnn(C)c1. The van der Waals surface area contributed by atoms with Gasteiger partial charge < -0.3 is 5.32 Å². The predicted molar refractivity (Wildman–Crippen MR) is 81.5 cm³/mol. The van der Waals surface area contributed by atoms with E-state index >= 15 is 0 Å². The van der Waals surface area contributed by atoms with Crippen LogP contribution in [0.15, 0.2) is 12.4 Å². The van der Waals surface area contributed by atoms with Crippen molar-refractivity contribution in [2.45, 2.75) is 63.6 Å². The van der Waals surface area contributed by atoms with E-state index in [4.69, 9.17) is 0 Å². The highest BCUT2D eigenvalue weighted by molar-refractivity contribution is 5.07. The second-order valence-electron chi connectivity index (χ2n) is 6.71.